The van der Waals surface area contributed by atoms with Gasteiger partial charge in [0.05, 0.1) is 7.11 Å². The van der Waals surface area contributed by atoms with E-state index in [2.05, 4.69) is 17.2 Å². The minimum atomic E-state index is -0.281. The summed E-state index contributed by atoms with van der Waals surface area (Å²) in [6.45, 7) is 4.11. The molecule has 1 aliphatic heterocycles. The number of hydrogen-bond acceptors (Lipinski definition) is 4. The zero-order chi connectivity index (χ0) is 19.9. The van der Waals surface area contributed by atoms with Crippen LogP contribution < -0.4 is 10.1 Å². The number of amides is 2. The molecular formula is C22H27N3O3. The minimum absolute atomic E-state index is 0.102. The van der Waals surface area contributed by atoms with E-state index in [0.29, 0.717) is 24.6 Å². The number of benzene rings is 1. The number of rotatable bonds is 6. The lowest BCUT2D eigenvalue weighted by atomic mass is 10.00. The van der Waals surface area contributed by atoms with Crippen LogP contribution in [0.25, 0.3) is 0 Å². The molecular weight excluding hydrogens is 354 g/mol. The predicted octanol–water partition coefficient (Wildman–Crippen LogP) is 2.93. The van der Waals surface area contributed by atoms with Crippen LogP contribution in [0.1, 0.15) is 46.3 Å². The molecule has 1 atom stereocenters. The van der Waals surface area contributed by atoms with Crippen molar-refractivity contribution in [3.63, 3.8) is 0 Å². The molecule has 148 valence electrons. The van der Waals surface area contributed by atoms with Crippen LogP contribution in [0.4, 0.5) is 0 Å². The summed E-state index contributed by atoms with van der Waals surface area (Å²) in [6.07, 6.45) is 2.81. The highest BCUT2D eigenvalue weighted by Gasteiger charge is 2.23. The number of carbonyl (C=O) groups is 2. The Morgan fingerprint density at radius 1 is 1.18 bits per heavy atom. The molecule has 2 amide bonds. The van der Waals surface area contributed by atoms with E-state index in [9.17, 15) is 9.59 Å². The Morgan fingerprint density at radius 2 is 1.96 bits per heavy atom. The van der Waals surface area contributed by atoms with Crippen molar-refractivity contribution in [3.8, 4) is 5.75 Å². The summed E-state index contributed by atoms with van der Waals surface area (Å²) in [7, 11) is 1.63. The van der Waals surface area contributed by atoms with Crippen molar-refractivity contribution in [3.05, 3.63) is 59.4 Å². The number of carbonyl (C=O) groups excluding carboxylic acids is 2. The summed E-state index contributed by atoms with van der Waals surface area (Å²) in [5.74, 6) is 0.921. The summed E-state index contributed by atoms with van der Waals surface area (Å²) < 4.78 is 5.33. The second kappa shape index (κ2) is 9.35. The first kappa shape index (κ1) is 19.9. The van der Waals surface area contributed by atoms with Crippen molar-refractivity contribution in [2.75, 3.05) is 26.7 Å². The number of aromatic nitrogens is 1. The first-order chi connectivity index (χ1) is 13.6. The maximum atomic E-state index is 12.7. The van der Waals surface area contributed by atoms with Gasteiger partial charge in [0.2, 0.25) is 0 Å². The zero-order valence-electron chi connectivity index (χ0n) is 16.5. The Hall–Kier alpha value is -2.89. The maximum absolute atomic E-state index is 12.7. The largest absolute Gasteiger partial charge is 0.496 e. The highest BCUT2D eigenvalue weighted by Crippen LogP contribution is 2.18. The van der Waals surface area contributed by atoms with Crippen LogP contribution in [0.5, 0.6) is 5.75 Å². The fourth-order valence-electron chi connectivity index (χ4n) is 3.53. The second-order valence-corrected chi connectivity index (χ2v) is 7.22. The van der Waals surface area contributed by atoms with Crippen molar-refractivity contribution < 1.29 is 14.3 Å². The van der Waals surface area contributed by atoms with Crippen molar-refractivity contribution >= 4 is 11.8 Å². The van der Waals surface area contributed by atoms with Gasteiger partial charge in [0.25, 0.3) is 11.8 Å². The molecule has 2 heterocycles. The average molecular weight is 381 g/mol. The van der Waals surface area contributed by atoms with Gasteiger partial charge in [-0.3, -0.25) is 9.59 Å². The van der Waals surface area contributed by atoms with Crippen LogP contribution in [0.3, 0.4) is 0 Å². The van der Waals surface area contributed by atoms with E-state index >= 15 is 0 Å². The standard InChI is InChI=1S/C22H27N3O3/c1-16-7-6-14-25(15-16)22(27)19-10-5-9-18(24-19)21(26)23-13-12-17-8-3-4-11-20(17)28-2/h3-5,8-11,16H,6-7,12-15H2,1-2H3,(H,23,26). The number of piperidine rings is 1. The lowest BCUT2D eigenvalue weighted by molar-refractivity contribution is 0.0677. The molecule has 1 aromatic heterocycles. The molecule has 1 saturated heterocycles. The van der Waals surface area contributed by atoms with Crippen molar-refractivity contribution in [1.82, 2.24) is 15.2 Å². The van der Waals surface area contributed by atoms with Gasteiger partial charge in [0.15, 0.2) is 0 Å². The topological polar surface area (TPSA) is 71.5 Å². The van der Waals surface area contributed by atoms with Crippen molar-refractivity contribution in [2.45, 2.75) is 26.2 Å². The molecule has 3 rings (SSSR count). The van der Waals surface area contributed by atoms with E-state index in [1.54, 1.807) is 25.3 Å². The summed E-state index contributed by atoms with van der Waals surface area (Å²) >= 11 is 0. The molecule has 0 spiro atoms. The fourth-order valence-corrected chi connectivity index (χ4v) is 3.53. The van der Waals surface area contributed by atoms with Crippen LogP contribution in [0.15, 0.2) is 42.5 Å². The maximum Gasteiger partial charge on any atom is 0.272 e. The van der Waals surface area contributed by atoms with Gasteiger partial charge in [-0.25, -0.2) is 4.98 Å². The first-order valence-corrected chi connectivity index (χ1v) is 9.75. The Bertz CT molecular complexity index is 837. The molecule has 1 unspecified atom stereocenters. The lowest BCUT2D eigenvalue weighted by Gasteiger charge is -2.30. The molecule has 1 fully saturated rings. The molecule has 1 N–H and O–H groups in total. The smallest absolute Gasteiger partial charge is 0.272 e. The van der Waals surface area contributed by atoms with Crippen molar-refractivity contribution in [1.29, 1.82) is 0 Å². The molecule has 6 nitrogen and oxygen atoms in total. The summed E-state index contributed by atoms with van der Waals surface area (Å²) in [4.78, 5) is 31.3. The van der Waals surface area contributed by atoms with Gasteiger partial charge in [-0.2, -0.15) is 0 Å². The average Bonchev–Trinajstić information content (AvgIpc) is 2.73. The zero-order valence-corrected chi connectivity index (χ0v) is 16.5. The Morgan fingerprint density at radius 3 is 2.75 bits per heavy atom. The Kier molecular flexibility index (Phi) is 6.63. The third-order valence-electron chi connectivity index (χ3n) is 5.02. The van der Waals surface area contributed by atoms with Gasteiger partial charge in [0, 0.05) is 19.6 Å². The summed E-state index contributed by atoms with van der Waals surface area (Å²) in [6, 6.07) is 12.7. The van der Waals surface area contributed by atoms with Gasteiger partial charge in [-0.05, 0) is 48.9 Å². The highest BCUT2D eigenvalue weighted by molar-refractivity contribution is 5.96. The van der Waals surface area contributed by atoms with Crippen LogP contribution >= 0.6 is 0 Å². The van der Waals surface area contributed by atoms with Gasteiger partial charge >= 0.3 is 0 Å². The third kappa shape index (κ3) is 4.88. The van der Waals surface area contributed by atoms with E-state index < -0.39 is 0 Å². The molecule has 0 radical (unpaired) electrons. The lowest BCUT2D eigenvalue weighted by Crippen LogP contribution is -2.39. The van der Waals surface area contributed by atoms with Gasteiger partial charge < -0.3 is 15.0 Å². The van der Waals surface area contributed by atoms with E-state index in [1.165, 1.54) is 0 Å². The van der Waals surface area contributed by atoms with E-state index in [4.69, 9.17) is 4.74 Å². The molecule has 0 saturated carbocycles. The fraction of sp³-hybridized carbons (Fsp3) is 0.409. The Labute approximate surface area is 165 Å². The third-order valence-corrected chi connectivity index (χ3v) is 5.02. The minimum Gasteiger partial charge on any atom is -0.496 e. The van der Waals surface area contributed by atoms with E-state index in [1.807, 2.05) is 29.2 Å². The number of pyridine rings is 1. The molecule has 1 aromatic carbocycles. The number of ether oxygens (including phenoxy) is 1. The number of likely N-dealkylation sites (tertiary alicyclic amines) is 1. The van der Waals surface area contributed by atoms with Crippen LogP contribution in [0.2, 0.25) is 0 Å². The van der Waals surface area contributed by atoms with Crippen LogP contribution in [-0.2, 0) is 6.42 Å². The highest BCUT2D eigenvalue weighted by atomic mass is 16.5. The molecule has 1 aliphatic rings. The second-order valence-electron chi connectivity index (χ2n) is 7.22. The molecule has 0 aliphatic carbocycles. The quantitative estimate of drug-likeness (QED) is 0.835. The van der Waals surface area contributed by atoms with E-state index in [0.717, 1.165) is 37.2 Å². The number of methoxy groups -OCH3 is 1. The number of nitrogens with zero attached hydrogens (tertiary/aromatic N) is 2. The molecule has 2 aromatic rings. The number of para-hydroxylation sites is 1. The number of hydrogen-bond donors (Lipinski definition) is 1. The van der Waals surface area contributed by atoms with Crippen molar-refractivity contribution in [2.24, 2.45) is 5.92 Å². The van der Waals surface area contributed by atoms with Crippen LogP contribution in [0, 0.1) is 5.92 Å². The van der Waals surface area contributed by atoms with Gasteiger partial charge in [-0.15, -0.1) is 0 Å². The van der Waals surface area contributed by atoms with Gasteiger partial charge in [0.1, 0.15) is 17.1 Å². The molecule has 0 bridgehead atoms. The SMILES string of the molecule is COc1ccccc1CCNC(=O)c1cccc(C(=O)N2CCCC(C)C2)n1. The summed E-state index contributed by atoms with van der Waals surface area (Å²) in [5.41, 5.74) is 1.61. The monoisotopic (exact) mass is 381 g/mol. The van der Waals surface area contributed by atoms with E-state index in [-0.39, 0.29) is 17.5 Å². The number of nitrogens with one attached hydrogen (secondary N) is 1. The predicted molar refractivity (Wildman–Crippen MR) is 108 cm³/mol. The molecule has 28 heavy (non-hydrogen) atoms. The summed E-state index contributed by atoms with van der Waals surface area (Å²) in [5, 5.41) is 2.87. The van der Waals surface area contributed by atoms with Gasteiger partial charge in [-0.1, -0.05) is 31.2 Å². The van der Waals surface area contributed by atoms with Crippen LogP contribution in [-0.4, -0.2) is 48.4 Å². The normalized spacial score (nSPS) is 16.5. The molecule has 6 heteroatoms. The first-order valence-electron chi connectivity index (χ1n) is 9.75. The Balaban J connectivity index is 1.60.